The summed E-state index contributed by atoms with van der Waals surface area (Å²) in [6, 6.07) is 0.602. The summed E-state index contributed by atoms with van der Waals surface area (Å²) in [6.45, 7) is 8.41. The van der Waals surface area contributed by atoms with Crippen molar-refractivity contribution in [1.29, 1.82) is 0 Å². The van der Waals surface area contributed by atoms with Crippen molar-refractivity contribution in [1.82, 2.24) is 4.90 Å². The lowest BCUT2D eigenvalue weighted by Crippen LogP contribution is -2.32. The smallest absolute Gasteiger partial charge is 0.0527 e. The molecule has 2 heteroatoms. The summed E-state index contributed by atoms with van der Waals surface area (Å²) in [4.78, 5) is 2.49. The molecule has 0 saturated carbocycles. The Bertz CT molecular complexity index is 194. The number of rotatable bonds is 4. The van der Waals surface area contributed by atoms with Gasteiger partial charge in [0.2, 0.25) is 0 Å². The number of hydrogen-bond donors (Lipinski definition) is 1. The highest BCUT2D eigenvalue weighted by Gasteiger charge is 2.24. The maximum Gasteiger partial charge on any atom is 0.0527 e. The van der Waals surface area contributed by atoms with Crippen molar-refractivity contribution in [3.05, 3.63) is 11.6 Å². The summed E-state index contributed by atoms with van der Waals surface area (Å²) in [5, 5.41) is 9.37. The van der Waals surface area contributed by atoms with Crippen LogP contribution in [0.15, 0.2) is 11.6 Å². The quantitative estimate of drug-likeness (QED) is 0.698. The Morgan fingerprint density at radius 1 is 1.57 bits per heavy atom. The van der Waals surface area contributed by atoms with Gasteiger partial charge in [0.05, 0.1) is 6.10 Å². The van der Waals surface area contributed by atoms with Crippen LogP contribution in [0.2, 0.25) is 0 Å². The van der Waals surface area contributed by atoms with Crippen LogP contribution in [0.1, 0.15) is 40.0 Å². The number of allylic oxidation sites excluding steroid dienone is 1. The maximum absolute atomic E-state index is 9.37. The maximum atomic E-state index is 9.37. The van der Waals surface area contributed by atoms with Gasteiger partial charge in [-0.25, -0.2) is 0 Å². The molecular weight excluding hydrogens is 174 g/mol. The molecule has 82 valence electrons. The minimum absolute atomic E-state index is 0.160. The number of nitrogens with zero attached hydrogens (tertiary/aromatic N) is 1. The summed E-state index contributed by atoms with van der Waals surface area (Å²) < 4.78 is 0. The fraction of sp³-hybridized carbons (Fsp3) is 0.833. The van der Waals surface area contributed by atoms with Crippen LogP contribution in [0.5, 0.6) is 0 Å². The van der Waals surface area contributed by atoms with Gasteiger partial charge in [-0.15, -0.1) is 0 Å². The van der Waals surface area contributed by atoms with Crippen LogP contribution in [-0.4, -0.2) is 35.2 Å². The SMILES string of the molecule is CC(C)=CCN1CCCC1CC(C)O. The molecule has 0 aromatic rings. The number of aliphatic hydroxyl groups is 1. The lowest BCUT2D eigenvalue weighted by atomic mass is 10.1. The van der Waals surface area contributed by atoms with Crippen molar-refractivity contribution < 1.29 is 5.11 Å². The second-order valence-corrected chi connectivity index (χ2v) is 4.66. The molecule has 2 atom stereocenters. The molecule has 14 heavy (non-hydrogen) atoms. The largest absolute Gasteiger partial charge is 0.393 e. The molecule has 2 unspecified atom stereocenters. The Morgan fingerprint density at radius 2 is 2.29 bits per heavy atom. The minimum atomic E-state index is -0.160. The summed E-state index contributed by atoms with van der Waals surface area (Å²) in [5.41, 5.74) is 1.38. The topological polar surface area (TPSA) is 23.5 Å². The molecule has 1 saturated heterocycles. The van der Waals surface area contributed by atoms with E-state index in [-0.39, 0.29) is 6.10 Å². The van der Waals surface area contributed by atoms with Gasteiger partial charge in [0, 0.05) is 12.6 Å². The Labute approximate surface area is 87.6 Å². The Kier molecular flexibility index (Phi) is 4.63. The van der Waals surface area contributed by atoms with Gasteiger partial charge < -0.3 is 5.11 Å². The first-order chi connectivity index (χ1) is 6.59. The van der Waals surface area contributed by atoms with E-state index in [9.17, 15) is 5.11 Å². The van der Waals surface area contributed by atoms with Crippen molar-refractivity contribution >= 4 is 0 Å². The van der Waals surface area contributed by atoms with E-state index < -0.39 is 0 Å². The molecule has 0 aliphatic carbocycles. The second-order valence-electron chi connectivity index (χ2n) is 4.66. The van der Waals surface area contributed by atoms with Crippen molar-refractivity contribution in [2.45, 2.75) is 52.2 Å². The fourth-order valence-corrected chi connectivity index (χ4v) is 2.10. The Hall–Kier alpha value is -0.340. The van der Waals surface area contributed by atoms with E-state index in [4.69, 9.17) is 0 Å². The predicted octanol–water partition coefficient (Wildman–Crippen LogP) is 2.19. The zero-order valence-electron chi connectivity index (χ0n) is 9.66. The molecule has 1 N–H and O–H groups in total. The molecule has 0 aromatic heterocycles. The molecule has 0 amide bonds. The average Bonchev–Trinajstić information content (AvgIpc) is 2.47. The van der Waals surface area contributed by atoms with E-state index in [2.05, 4.69) is 24.8 Å². The van der Waals surface area contributed by atoms with Gasteiger partial charge in [-0.2, -0.15) is 0 Å². The highest BCUT2D eigenvalue weighted by molar-refractivity contribution is 4.97. The van der Waals surface area contributed by atoms with E-state index in [0.29, 0.717) is 6.04 Å². The zero-order valence-corrected chi connectivity index (χ0v) is 9.66. The van der Waals surface area contributed by atoms with E-state index in [1.54, 1.807) is 0 Å². The van der Waals surface area contributed by atoms with Gasteiger partial charge in [0.15, 0.2) is 0 Å². The van der Waals surface area contributed by atoms with Crippen LogP contribution in [-0.2, 0) is 0 Å². The van der Waals surface area contributed by atoms with Gasteiger partial charge in [-0.3, -0.25) is 4.90 Å². The first-order valence-electron chi connectivity index (χ1n) is 5.65. The lowest BCUT2D eigenvalue weighted by molar-refractivity contribution is 0.139. The molecule has 1 aliphatic rings. The third-order valence-electron chi connectivity index (χ3n) is 2.85. The van der Waals surface area contributed by atoms with Crippen LogP contribution >= 0.6 is 0 Å². The normalized spacial score (nSPS) is 25.0. The van der Waals surface area contributed by atoms with Crippen LogP contribution in [0, 0.1) is 0 Å². The predicted molar refractivity (Wildman–Crippen MR) is 60.3 cm³/mol. The van der Waals surface area contributed by atoms with Gasteiger partial charge in [-0.1, -0.05) is 11.6 Å². The summed E-state index contributed by atoms with van der Waals surface area (Å²) >= 11 is 0. The highest BCUT2D eigenvalue weighted by atomic mass is 16.3. The van der Waals surface area contributed by atoms with Crippen LogP contribution in [0.25, 0.3) is 0 Å². The van der Waals surface area contributed by atoms with Crippen molar-refractivity contribution in [2.24, 2.45) is 0 Å². The monoisotopic (exact) mass is 197 g/mol. The van der Waals surface area contributed by atoms with Crippen LogP contribution in [0.3, 0.4) is 0 Å². The number of aliphatic hydroxyl groups excluding tert-OH is 1. The second kappa shape index (κ2) is 5.52. The fourth-order valence-electron chi connectivity index (χ4n) is 2.10. The lowest BCUT2D eigenvalue weighted by Gasteiger charge is -2.24. The van der Waals surface area contributed by atoms with Gasteiger partial charge in [0.25, 0.3) is 0 Å². The third kappa shape index (κ3) is 3.81. The first-order valence-corrected chi connectivity index (χ1v) is 5.65. The zero-order chi connectivity index (χ0) is 10.6. The average molecular weight is 197 g/mol. The molecule has 1 fully saturated rings. The van der Waals surface area contributed by atoms with Crippen molar-refractivity contribution in [2.75, 3.05) is 13.1 Å². The van der Waals surface area contributed by atoms with Crippen LogP contribution in [0.4, 0.5) is 0 Å². The molecule has 0 aromatic carbocycles. The van der Waals surface area contributed by atoms with Gasteiger partial charge >= 0.3 is 0 Å². The highest BCUT2D eigenvalue weighted by Crippen LogP contribution is 2.21. The number of hydrogen-bond acceptors (Lipinski definition) is 2. The summed E-state index contributed by atoms with van der Waals surface area (Å²) in [5.74, 6) is 0. The molecule has 2 nitrogen and oxygen atoms in total. The molecule has 1 aliphatic heterocycles. The molecule has 1 rings (SSSR count). The van der Waals surface area contributed by atoms with E-state index in [1.165, 1.54) is 25.0 Å². The summed E-state index contributed by atoms with van der Waals surface area (Å²) in [7, 11) is 0. The molecular formula is C12H23NO. The van der Waals surface area contributed by atoms with E-state index >= 15 is 0 Å². The van der Waals surface area contributed by atoms with E-state index in [0.717, 1.165) is 13.0 Å². The van der Waals surface area contributed by atoms with Crippen molar-refractivity contribution in [3.8, 4) is 0 Å². The minimum Gasteiger partial charge on any atom is -0.393 e. The standard InChI is InChI=1S/C12H23NO/c1-10(2)6-8-13-7-4-5-12(13)9-11(3)14/h6,11-12,14H,4-5,7-9H2,1-3H3. The van der Waals surface area contributed by atoms with Crippen molar-refractivity contribution in [3.63, 3.8) is 0 Å². The van der Waals surface area contributed by atoms with Gasteiger partial charge in [0.1, 0.15) is 0 Å². The molecule has 0 spiro atoms. The van der Waals surface area contributed by atoms with Crippen LogP contribution < -0.4 is 0 Å². The molecule has 0 bridgehead atoms. The first kappa shape index (κ1) is 11.7. The Balaban J connectivity index is 2.39. The molecule has 1 heterocycles. The molecule has 0 radical (unpaired) electrons. The van der Waals surface area contributed by atoms with Gasteiger partial charge in [-0.05, 0) is 46.6 Å². The van der Waals surface area contributed by atoms with E-state index in [1.807, 2.05) is 6.92 Å². The third-order valence-corrected chi connectivity index (χ3v) is 2.85. The summed E-state index contributed by atoms with van der Waals surface area (Å²) in [6.07, 6.45) is 5.58. The Morgan fingerprint density at radius 3 is 2.86 bits per heavy atom. The number of likely N-dealkylation sites (tertiary alicyclic amines) is 1.